The average molecular weight is 429 g/mol. The molecular weight excluding hydrogens is 400 g/mol. The molecule has 30 heavy (non-hydrogen) atoms. The highest BCUT2D eigenvalue weighted by Crippen LogP contribution is 2.35. The number of esters is 1. The number of nitrogens with zero attached hydrogens (tertiary/aromatic N) is 2. The lowest BCUT2D eigenvalue weighted by Gasteiger charge is -2.23. The van der Waals surface area contributed by atoms with E-state index in [1.165, 1.54) is 0 Å². The van der Waals surface area contributed by atoms with Gasteiger partial charge in [-0.3, -0.25) is 9.69 Å². The number of unbranched alkanes of at least 4 members (excludes halogenated alkanes) is 3. The monoisotopic (exact) mass is 428 g/mol. The smallest absolute Gasteiger partial charge is 0.325 e. The van der Waals surface area contributed by atoms with Crippen LogP contribution in [0.3, 0.4) is 0 Å². The van der Waals surface area contributed by atoms with E-state index in [1.54, 1.807) is 0 Å². The Bertz CT molecular complexity index is 826. The van der Waals surface area contributed by atoms with Crippen LogP contribution in [0.15, 0.2) is 54.6 Å². The number of carbonyl (C=O) groups excluding carboxylic acids is 2. The lowest BCUT2D eigenvalue weighted by atomic mass is 10.1. The molecule has 2 amide bonds. The van der Waals surface area contributed by atoms with Gasteiger partial charge in [-0.1, -0.05) is 54.8 Å². The summed E-state index contributed by atoms with van der Waals surface area (Å²) < 4.78 is 4.95. The van der Waals surface area contributed by atoms with Crippen LogP contribution in [0.1, 0.15) is 50.6 Å². The largest absolute Gasteiger partial charge is 0.466 e. The Balaban J connectivity index is 1.59. The van der Waals surface area contributed by atoms with Crippen molar-refractivity contribution in [2.24, 2.45) is 0 Å². The van der Waals surface area contributed by atoms with Gasteiger partial charge in [0, 0.05) is 30.2 Å². The van der Waals surface area contributed by atoms with Gasteiger partial charge in [0.1, 0.15) is 0 Å². The molecule has 1 aliphatic rings. The van der Waals surface area contributed by atoms with Crippen molar-refractivity contribution in [3.63, 3.8) is 0 Å². The number of hydrogen-bond acceptors (Lipinski definition) is 3. The van der Waals surface area contributed by atoms with Crippen molar-refractivity contribution in [2.45, 2.75) is 45.1 Å². The fourth-order valence-corrected chi connectivity index (χ4v) is 3.95. The van der Waals surface area contributed by atoms with Crippen molar-refractivity contribution >= 4 is 29.3 Å². The summed E-state index contributed by atoms with van der Waals surface area (Å²) >= 11 is 6.04. The van der Waals surface area contributed by atoms with E-state index in [4.69, 9.17) is 16.3 Å². The SMILES string of the molecule is CCOC(=O)CCCCCCN1CC(c2ccccc2)N(c2ccc(Cl)cc2)C1=O. The molecular formula is C24H29ClN2O3. The summed E-state index contributed by atoms with van der Waals surface area (Å²) in [5, 5.41) is 0.654. The Labute approximate surface area is 183 Å². The summed E-state index contributed by atoms with van der Waals surface area (Å²) in [6.45, 7) is 3.63. The number of halogens is 1. The lowest BCUT2D eigenvalue weighted by Crippen LogP contribution is -2.33. The van der Waals surface area contributed by atoms with Crippen molar-refractivity contribution in [1.82, 2.24) is 4.90 Å². The van der Waals surface area contributed by atoms with Gasteiger partial charge in [-0.15, -0.1) is 0 Å². The average Bonchev–Trinajstić information content (AvgIpc) is 3.08. The van der Waals surface area contributed by atoms with E-state index in [0.29, 0.717) is 31.1 Å². The van der Waals surface area contributed by atoms with Crippen LogP contribution in [0, 0.1) is 0 Å². The van der Waals surface area contributed by atoms with E-state index in [1.807, 2.05) is 59.2 Å². The topological polar surface area (TPSA) is 49.9 Å². The van der Waals surface area contributed by atoms with Gasteiger partial charge in [-0.05, 0) is 49.6 Å². The second-order valence-electron chi connectivity index (χ2n) is 7.47. The number of amides is 2. The van der Waals surface area contributed by atoms with Crippen LogP contribution < -0.4 is 4.90 Å². The summed E-state index contributed by atoms with van der Waals surface area (Å²) in [6, 6.07) is 17.6. The molecule has 0 aliphatic carbocycles. The molecule has 2 aromatic carbocycles. The van der Waals surface area contributed by atoms with E-state index in [-0.39, 0.29) is 18.0 Å². The van der Waals surface area contributed by atoms with Crippen molar-refractivity contribution < 1.29 is 14.3 Å². The minimum absolute atomic E-state index is 0.0244. The molecule has 1 atom stereocenters. The van der Waals surface area contributed by atoms with Gasteiger partial charge in [0.05, 0.1) is 12.6 Å². The van der Waals surface area contributed by atoms with Crippen LogP contribution in [0.2, 0.25) is 5.02 Å². The first-order valence-corrected chi connectivity index (χ1v) is 11.0. The molecule has 3 rings (SSSR count). The number of ether oxygens (including phenoxy) is 1. The summed E-state index contributed by atoms with van der Waals surface area (Å²) in [4.78, 5) is 28.4. The predicted molar refractivity (Wildman–Crippen MR) is 120 cm³/mol. The van der Waals surface area contributed by atoms with E-state index in [2.05, 4.69) is 12.1 Å². The Morgan fingerprint density at radius 2 is 1.73 bits per heavy atom. The molecule has 0 N–H and O–H groups in total. The van der Waals surface area contributed by atoms with Crippen molar-refractivity contribution in [2.75, 3.05) is 24.6 Å². The van der Waals surface area contributed by atoms with E-state index < -0.39 is 0 Å². The highest BCUT2D eigenvalue weighted by atomic mass is 35.5. The highest BCUT2D eigenvalue weighted by Gasteiger charge is 2.38. The third kappa shape index (κ3) is 5.76. The number of carbonyl (C=O) groups is 2. The zero-order valence-electron chi connectivity index (χ0n) is 17.4. The van der Waals surface area contributed by atoms with Crippen molar-refractivity contribution in [1.29, 1.82) is 0 Å². The van der Waals surface area contributed by atoms with Gasteiger partial charge in [-0.2, -0.15) is 0 Å². The Morgan fingerprint density at radius 1 is 1.03 bits per heavy atom. The molecule has 1 fully saturated rings. The standard InChI is InChI=1S/C24H29ClN2O3/c1-2-30-23(28)12-8-3-4-9-17-26-18-22(19-10-6-5-7-11-19)27(24(26)29)21-15-13-20(25)14-16-21/h5-7,10-11,13-16,22H,2-4,8-9,12,17-18H2,1H3. The maximum Gasteiger partial charge on any atom is 0.325 e. The first-order valence-electron chi connectivity index (χ1n) is 10.6. The quantitative estimate of drug-likeness (QED) is 0.353. The normalized spacial score (nSPS) is 16.2. The molecule has 5 nitrogen and oxygen atoms in total. The molecule has 1 aliphatic heterocycles. The molecule has 160 valence electrons. The third-order valence-corrected chi connectivity index (χ3v) is 5.59. The minimum atomic E-state index is -0.128. The maximum absolute atomic E-state index is 13.2. The number of hydrogen-bond donors (Lipinski definition) is 0. The third-order valence-electron chi connectivity index (χ3n) is 5.34. The molecule has 1 heterocycles. The molecule has 0 bridgehead atoms. The first kappa shape index (κ1) is 22.2. The van der Waals surface area contributed by atoms with Crippen LogP contribution >= 0.6 is 11.6 Å². The van der Waals surface area contributed by atoms with Crippen molar-refractivity contribution in [3.8, 4) is 0 Å². The maximum atomic E-state index is 13.2. The molecule has 2 aromatic rings. The second kappa shape index (κ2) is 11.0. The number of benzene rings is 2. The summed E-state index contributed by atoms with van der Waals surface area (Å²) in [6.07, 6.45) is 4.17. The molecule has 0 saturated carbocycles. The Morgan fingerprint density at radius 3 is 2.43 bits per heavy atom. The lowest BCUT2D eigenvalue weighted by molar-refractivity contribution is -0.143. The molecule has 6 heteroatoms. The molecule has 0 aromatic heterocycles. The summed E-state index contributed by atoms with van der Waals surface area (Å²) in [5.74, 6) is -0.128. The summed E-state index contributed by atoms with van der Waals surface area (Å²) in [7, 11) is 0. The minimum Gasteiger partial charge on any atom is -0.466 e. The highest BCUT2D eigenvalue weighted by molar-refractivity contribution is 6.30. The van der Waals surface area contributed by atoms with E-state index in [9.17, 15) is 9.59 Å². The molecule has 0 spiro atoms. The van der Waals surface area contributed by atoms with Crippen LogP contribution in [0.5, 0.6) is 0 Å². The number of anilines is 1. The molecule has 0 radical (unpaired) electrons. The predicted octanol–water partition coefficient (Wildman–Crippen LogP) is 5.84. The van der Waals surface area contributed by atoms with Crippen LogP contribution in [-0.4, -0.2) is 36.6 Å². The Kier molecular flexibility index (Phi) is 8.14. The zero-order valence-corrected chi connectivity index (χ0v) is 18.2. The fourth-order valence-electron chi connectivity index (χ4n) is 3.82. The summed E-state index contributed by atoms with van der Waals surface area (Å²) in [5.41, 5.74) is 1.98. The zero-order chi connectivity index (χ0) is 21.3. The number of rotatable bonds is 10. The van der Waals surface area contributed by atoms with E-state index >= 15 is 0 Å². The van der Waals surface area contributed by atoms with Gasteiger partial charge in [0.25, 0.3) is 0 Å². The number of urea groups is 1. The van der Waals surface area contributed by atoms with Gasteiger partial charge in [0.15, 0.2) is 0 Å². The Hall–Kier alpha value is -2.53. The molecule has 1 unspecified atom stereocenters. The molecule has 1 saturated heterocycles. The van der Waals surface area contributed by atoms with Crippen molar-refractivity contribution in [3.05, 3.63) is 65.2 Å². The van der Waals surface area contributed by atoms with Crippen LogP contribution in [0.25, 0.3) is 0 Å². The van der Waals surface area contributed by atoms with Crippen LogP contribution in [-0.2, 0) is 9.53 Å². The van der Waals surface area contributed by atoms with Gasteiger partial charge in [0.2, 0.25) is 0 Å². The van der Waals surface area contributed by atoms with E-state index in [0.717, 1.165) is 36.9 Å². The van der Waals surface area contributed by atoms with Crippen LogP contribution in [0.4, 0.5) is 10.5 Å². The van der Waals surface area contributed by atoms with Gasteiger partial charge in [-0.25, -0.2) is 4.79 Å². The van der Waals surface area contributed by atoms with Gasteiger partial charge < -0.3 is 9.64 Å². The second-order valence-corrected chi connectivity index (χ2v) is 7.91. The van der Waals surface area contributed by atoms with Gasteiger partial charge >= 0.3 is 12.0 Å². The fraction of sp³-hybridized carbons (Fsp3) is 0.417. The first-order chi connectivity index (χ1) is 14.6.